The Balaban J connectivity index is 3.73. The van der Waals surface area contributed by atoms with Crippen LogP contribution in [0.2, 0.25) is 19.6 Å². The second kappa shape index (κ2) is 8.61. The predicted octanol–water partition coefficient (Wildman–Crippen LogP) is 3.75. The van der Waals surface area contributed by atoms with Gasteiger partial charge in [0.2, 0.25) is 0 Å². The fourth-order valence-corrected chi connectivity index (χ4v) is 1.83. The van der Waals surface area contributed by atoms with Crippen molar-refractivity contribution in [3.63, 3.8) is 0 Å². The van der Waals surface area contributed by atoms with E-state index < -0.39 is 14.2 Å². The Morgan fingerprint density at radius 1 is 1.19 bits per heavy atom. The first-order valence-electron chi connectivity index (χ1n) is 6.33. The summed E-state index contributed by atoms with van der Waals surface area (Å²) in [5.41, 5.74) is 3.17. The van der Waals surface area contributed by atoms with E-state index in [9.17, 15) is 5.11 Å². The van der Waals surface area contributed by atoms with Crippen molar-refractivity contribution >= 4 is 8.07 Å². The van der Waals surface area contributed by atoms with Crippen LogP contribution in [0.5, 0.6) is 0 Å². The summed E-state index contributed by atoms with van der Waals surface area (Å²) in [6.45, 7) is 8.76. The highest BCUT2D eigenvalue weighted by molar-refractivity contribution is 6.83. The van der Waals surface area contributed by atoms with Crippen LogP contribution >= 0.6 is 0 Å². The SMILES string of the molecule is CCCCCC/C=C/[C@H](O)C#C[Si](C)(C)C. The molecule has 0 bridgehead atoms. The fourth-order valence-electron chi connectivity index (χ4n) is 1.25. The maximum Gasteiger partial charge on any atom is 0.132 e. The van der Waals surface area contributed by atoms with Crippen LogP contribution in [0.3, 0.4) is 0 Å². The molecule has 2 heteroatoms. The minimum Gasteiger partial charge on any atom is -0.377 e. The van der Waals surface area contributed by atoms with Gasteiger partial charge in [0.1, 0.15) is 14.2 Å². The van der Waals surface area contributed by atoms with E-state index in [2.05, 4.69) is 44.1 Å². The van der Waals surface area contributed by atoms with Gasteiger partial charge in [0.15, 0.2) is 0 Å². The summed E-state index contributed by atoms with van der Waals surface area (Å²) in [6.07, 6.45) is 9.46. The van der Waals surface area contributed by atoms with Crippen LogP contribution in [0, 0.1) is 11.5 Å². The van der Waals surface area contributed by atoms with Gasteiger partial charge in [0, 0.05) is 0 Å². The standard InChI is InChI=1S/C14H26OSi/c1-5-6-7-8-9-10-11-14(15)12-13-16(2,3)4/h10-11,14-15H,5-9H2,1-4H3/b11-10+/t14-/m0/s1. The maximum absolute atomic E-state index is 9.58. The van der Waals surface area contributed by atoms with Crippen LogP contribution in [0.15, 0.2) is 12.2 Å². The molecule has 0 amide bonds. The first kappa shape index (κ1) is 15.5. The number of aliphatic hydroxyl groups is 1. The van der Waals surface area contributed by atoms with Gasteiger partial charge in [-0.25, -0.2) is 0 Å². The van der Waals surface area contributed by atoms with Crippen LogP contribution < -0.4 is 0 Å². The number of allylic oxidation sites excluding steroid dienone is 1. The average molecular weight is 238 g/mol. The molecule has 0 aromatic heterocycles. The lowest BCUT2D eigenvalue weighted by Crippen LogP contribution is -2.17. The van der Waals surface area contributed by atoms with Crippen molar-refractivity contribution in [1.82, 2.24) is 0 Å². The Morgan fingerprint density at radius 2 is 1.88 bits per heavy atom. The van der Waals surface area contributed by atoms with Gasteiger partial charge in [-0.05, 0) is 18.9 Å². The molecule has 16 heavy (non-hydrogen) atoms. The van der Waals surface area contributed by atoms with E-state index in [-0.39, 0.29) is 0 Å². The highest BCUT2D eigenvalue weighted by Gasteiger charge is 2.07. The number of rotatable bonds is 6. The van der Waals surface area contributed by atoms with Gasteiger partial charge in [0.05, 0.1) is 0 Å². The van der Waals surface area contributed by atoms with Gasteiger partial charge >= 0.3 is 0 Å². The molecule has 0 aromatic rings. The van der Waals surface area contributed by atoms with Crippen molar-refractivity contribution in [3.8, 4) is 11.5 Å². The van der Waals surface area contributed by atoms with Crippen molar-refractivity contribution in [2.45, 2.75) is 64.8 Å². The Bertz CT molecular complexity index is 252. The van der Waals surface area contributed by atoms with Crippen molar-refractivity contribution in [1.29, 1.82) is 0 Å². The molecule has 0 aromatic carbocycles. The third-order valence-corrected chi connectivity index (χ3v) is 3.03. The average Bonchev–Trinajstić information content (AvgIpc) is 2.19. The number of hydrogen-bond donors (Lipinski definition) is 1. The van der Waals surface area contributed by atoms with Crippen molar-refractivity contribution < 1.29 is 5.11 Å². The maximum atomic E-state index is 9.58. The molecule has 0 saturated carbocycles. The molecule has 0 rings (SSSR count). The van der Waals surface area contributed by atoms with E-state index in [0.717, 1.165) is 6.42 Å². The highest BCUT2D eigenvalue weighted by atomic mass is 28.3. The second-order valence-corrected chi connectivity index (χ2v) is 9.99. The lowest BCUT2D eigenvalue weighted by Gasteiger charge is -2.04. The molecule has 0 fully saturated rings. The normalized spacial score (nSPS) is 13.6. The molecule has 0 aliphatic carbocycles. The smallest absolute Gasteiger partial charge is 0.132 e. The molecular weight excluding hydrogens is 212 g/mol. The van der Waals surface area contributed by atoms with Gasteiger partial charge < -0.3 is 5.11 Å². The monoisotopic (exact) mass is 238 g/mol. The van der Waals surface area contributed by atoms with E-state index in [4.69, 9.17) is 0 Å². The Kier molecular flexibility index (Phi) is 8.33. The zero-order valence-corrected chi connectivity index (χ0v) is 12.2. The van der Waals surface area contributed by atoms with Gasteiger partial charge in [-0.1, -0.05) is 57.8 Å². The molecule has 0 unspecified atom stereocenters. The molecule has 0 spiro atoms. The minimum atomic E-state index is -1.34. The van der Waals surface area contributed by atoms with Crippen LogP contribution in [-0.2, 0) is 0 Å². The summed E-state index contributed by atoms with van der Waals surface area (Å²) < 4.78 is 0. The number of unbranched alkanes of at least 4 members (excludes halogenated alkanes) is 4. The van der Waals surface area contributed by atoms with Gasteiger partial charge in [-0.2, -0.15) is 0 Å². The first-order valence-corrected chi connectivity index (χ1v) is 9.83. The summed E-state index contributed by atoms with van der Waals surface area (Å²) >= 11 is 0. The van der Waals surface area contributed by atoms with Crippen LogP contribution in [0.1, 0.15) is 39.0 Å². The molecule has 0 aliphatic heterocycles. The van der Waals surface area contributed by atoms with Crippen molar-refractivity contribution in [2.75, 3.05) is 0 Å². The summed E-state index contributed by atoms with van der Waals surface area (Å²) in [4.78, 5) is 0. The molecule has 0 saturated heterocycles. The number of aliphatic hydroxyl groups excluding tert-OH is 1. The second-order valence-electron chi connectivity index (χ2n) is 5.24. The van der Waals surface area contributed by atoms with Crippen LogP contribution in [0.4, 0.5) is 0 Å². The zero-order chi connectivity index (χ0) is 12.4. The molecule has 0 heterocycles. The molecule has 1 nitrogen and oxygen atoms in total. The molecule has 1 atom stereocenters. The quantitative estimate of drug-likeness (QED) is 0.323. The van der Waals surface area contributed by atoms with E-state index in [0.29, 0.717) is 0 Å². The van der Waals surface area contributed by atoms with E-state index in [1.54, 1.807) is 0 Å². The first-order chi connectivity index (χ1) is 7.45. The van der Waals surface area contributed by atoms with Gasteiger partial charge in [-0.15, -0.1) is 5.54 Å². The summed E-state index contributed by atoms with van der Waals surface area (Å²) in [7, 11) is -1.34. The summed E-state index contributed by atoms with van der Waals surface area (Å²) in [5, 5.41) is 9.58. The lowest BCUT2D eigenvalue weighted by atomic mass is 10.1. The third-order valence-electron chi connectivity index (χ3n) is 2.14. The molecule has 92 valence electrons. The topological polar surface area (TPSA) is 20.2 Å². The Morgan fingerprint density at radius 3 is 2.44 bits per heavy atom. The summed E-state index contributed by atoms with van der Waals surface area (Å²) in [5.74, 6) is 2.91. The number of hydrogen-bond acceptors (Lipinski definition) is 1. The zero-order valence-electron chi connectivity index (χ0n) is 11.2. The molecule has 0 radical (unpaired) electrons. The largest absolute Gasteiger partial charge is 0.377 e. The van der Waals surface area contributed by atoms with Crippen LogP contribution in [0.25, 0.3) is 0 Å². The molecular formula is C14H26OSi. The third kappa shape index (κ3) is 11.6. The van der Waals surface area contributed by atoms with E-state index >= 15 is 0 Å². The summed E-state index contributed by atoms with van der Waals surface area (Å²) in [6, 6.07) is 0. The van der Waals surface area contributed by atoms with Gasteiger partial charge in [0.25, 0.3) is 0 Å². The fraction of sp³-hybridized carbons (Fsp3) is 0.714. The Labute approximate surface area is 102 Å². The van der Waals surface area contributed by atoms with Crippen molar-refractivity contribution in [3.05, 3.63) is 12.2 Å². The van der Waals surface area contributed by atoms with Crippen molar-refractivity contribution in [2.24, 2.45) is 0 Å². The van der Waals surface area contributed by atoms with E-state index in [1.807, 2.05) is 6.08 Å². The Hall–Kier alpha value is -0.523. The highest BCUT2D eigenvalue weighted by Crippen LogP contribution is 2.03. The van der Waals surface area contributed by atoms with E-state index in [1.165, 1.54) is 25.7 Å². The van der Waals surface area contributed by atoms with Crippen LogP contribution in [-0.4, -0.2) is 19.3 Å². The molecule has 0 aliphatic rings. The predicted molar refractivity (Wildman–Crippen MR) is 75.0 cm³/mol. The minimum absolute atomic E-state index is 0.571. The molecule has 1 N–H and O–H groups in total. The lowest BCUT2D eigenvalue weighted by molar-refractivity contribution is 0.280. The van der Waals surface area contributed by atoms with Gasteiger partial charge in [-0.3, -0.25) is 0 Å².